The van der Waals surface area contributed by atoms with Crippen LogP contribution in [-0.4, -0.2) is 5.97 Å². The van der Waals surface area contributed by atoms with Crippen LogP contribution in [0.2, 0.25) is 0 Å². The van der Waals surface area contributed by atoms with Gasteiger partial charge in [0.25, 0.3) is 0 Å². The van der Waals surface area contributed by atoms with Crippen molar-refractivity contribution in [2.45, 2.75) is 90.9 Å². The highest BCUT2D eigenvalue weighted by atomic mass is 16.5. The zero-order valence-corrected chi connectivity index (χ0v) is 16.3. The Morgan fingerprint density at radius 2 is 1.60 bits per heavy atom. The summed E-state index contributed by atoms with van der Waals surface area (Å²) in [6.45, 7) is 4.49. The average molecular weight is 345 g/mol. The van der Waals surface area contributed by atoms with E-state index in [0.29, 0.717) is 5.75 Å². The van der Waals surface area contributed by atoms with Crippen LogP contribution in [0, 0.1) is 11.8 Å². The van der Waals surface area contributed by atoms with E-state index < -0.39 is 0 Å². The zero-order valence-electron chi connectivity index (χ0n) is 16.3. The minimum Gasteiger partial charge on any atom is -0.426 e. The van der Waals surface area contributed by atoms with Crippen molar-refractivity contribution in [2.24, 2.45) is 11.8 Å². The summed E-state index contributed by atoms with van der Waals surface area (Å²) in [5, 5.41) is 0. The van der Waals surface area contributed by atoms with Crippen LogP contribution in [0.25, 0.3) is 0 Å². The molecule has 0 atom stereocenters. The van der Waals surface area contributed by atoms with Crippen LogP contribution in [0.15, 0.2) is 24.3 Å². The zero-order chi connectivity index (χ0) is 17.9. The Kier molecular flexibility index (Phi) is 9.07. The quantitative estimate of drug-likeness (QED) is 0.268. The largest absolute Gasteiger partial charge is 0.426 e. The fraction of sp³-hybridized carbons (Fsp3) is 0.696. The molecule has 25 heavy (non-hydrogen) atoms. The number of unbranched alkanes of at least 4 members (excludes halogenated alkanes) is 4. The normalized spacial score (nSPS) is 20.4. The van der Waals surface area contributed by atoms with Gasteiger partial charge in [0.1, 0.15) is 5.75 Å². The first-order valence-electron chi connectivity index (χ1n) is 10.5. The van der Waals surface area contributed by atoms with E-state index in [1.165, 1.54) is 63.4 Å². The summed E-state index contributed by atoms with van der Waals surface area (Å²) in [5.41, 5.74) is 1.34. The van der Waals surface area contributed by atoms with Crippen molar-refractivity contribution in [1.82, 2.24) is 0 Å². The van der Waals surface area contributed by atoms with Crippen molar-refractivity contribution in [1.29, 1.82) is 0 Å². The number of carbonyl (C=O) groups excluding carboxylic acids is 1. The number of esters is 1. The molecule has 1 aromatic carbocycles. The van der Waals surface area contributed by atoms with Gasteiger partial charge < -0.3 is 4.74 Å². The summed E-state index contributed by atoms with van der Waals surface area (Å²) in [6.07, 6.45) is 14.6. The molecule has 0 N–H and O–H groups in total. The fourth-order valence-electron chi connectivity index (χ4n) is 3.95. The van der Waals surface area contributed by atoms with Crippen molar-refractivity contribution >= 4 is 5.97 Å². The maximum atomic E-state index is 12.4. The number of rotatable bonds is 10. The minimum atomic E-state index is -0.0257. The Morgan fingerprint density at radius 1 is 0.920 bits per heavy atom. The van der Waals surface area contributed by atoms with E-state index in [4.69, 9.17) is 4.74 Å². The molecule has 1 saturated carbocycles. The lowest BCUT2D eigenvalue weighted by Gasteiger charge is -2.26. The summed E-state index contributed by atoms with van der Waals surface area (Å²) in [7, 11) is 0. The first-order chi connectivity index (χ1) is 12.2. The van der Waals surface area contributed by atoms with E-state index in [9.17, 15) is 4.79 Å². The van der Waals surface area contributed by atoms with Crippen molar-refractivity contribution in [3.8, 4) is 5.75 Å². The van der Waals surface area contributed by atoms with Crippen LogP contribution >= 0.6 is 0 Å². The molecule has 2 heteroatoms. The molecule has 2 nitrogen and oxygen atoms in total. The van der Waals surface area contributed by atoms with Gasteiger partial charge in [0, 0.05) is 0 Å². The molecular formula is C23H36O2. The Bertz CT molecular complexity index is 483. The van der Waals surface area contributed by atoms with Gasteiger partial charge in [-0.2, -0.15) is 0 Å². The SMILES string of the molecule is CCCCCCCc1ccc(OC(=O)C2CCC(CCC)CC2)cc1. The fourth-order valence-corrected chi connectivity index (χ4v) is 3.95. The van der Waals surface area contributed by atoms with Crippen LogP contribution in [0.4, 0.5) is 0 Å². The molecule has 0 spiro atoms. The van der Waals surface area contributed by atoms with Crippen molar-refractivity contribution in [3.63, 3.8) is 0 Å². The molecule has 1 aliphatic carbocycles. The maximum absolute atomic E-state index is 12.4. The lowest BCUT2D eigenvalue weighted by atomic mass is 9.80. The molecule has 1 aromatic rings. The van der Waals surface area contributed by atoms with Crippen LogP contribution in [0.5, 0.6) is 5.75 Å². The number of hydrogen-bond donors (Lipinski definition) is 0. The van der Waals surface area contributed by atoms with Crippen LogP contribution in [0.1, 0.15) is 90.0 Å². The van der Waals surface area contributed by atoms with Gasteiger partial charge in [-0.05, 0) is 62.1 Å². The van der Waals surface area contributed by atoms with E-state index in [0.717, 1.165) is 25.2 Å². The second kappa shape index (κ2) is 11.3. The topological polar surface area (TPSA) is 26.3 Å². The van der Waals surface area contributed by atoms with E-state index in [1.54, 1.807) is 0 Å². The molecule has 0 bridgehead atoms. The summed E-state index contributed by atoms with van der Waals surface area (Å²) in [6, 6.07) is 8.14. The molecule has 2 rings (SSSR count). The molecule has 140 valence electrons. The second-order valence-electron chi connectivity index (χ2n) is 7.74. The van der Waals surface area contributed by atoms with Crippen LogP contribution in [0.3, 0.4) is 0 Å². The Morgan fingerprint density at radius 3 is 2.24 bits per heavy atom. The summed E-state index contributed by atoms with van der Waals surface area (Å²) >= 11 is 0. The first kappa shape index (κ1) is 20.0. The monoisotopic (exact) mass is 344 g/mol. The Balaban J connectivity index is 1.70. The lowest BCUT2D eigenvalue weighted by Crippen LogP contribution is -2.25. The molecule has 1 fully saturated rings. The number of aryl methyl sites for hydroxylation is 1. The van der Waals surface area contributed by atoms with Crippen molar-refractivity contribution in [3.05, 3.63) is 29.8 Å². The third kappa shape index (κ3) is 7.22. The molecule has 0 saturated heterocycles. The second-order valence-corrected chi connectivity index (χ2v) is 7.74. The van der Waals surface area contributed by atoms with Gasteiger partial charge >= 0.3 is 5.97 Å². The summed E-state index contributed by atoms with van der Waals surface area (Å²) < 4.78 is 5.62. The third-order valence-corrected chi connectivity index (χ3v) is 5.59. The number of ether oxygens (including phenoxy) is 1. The highest BCUT2D eigenvalue weighted by molar-refractivity contribution is 5.75. The average Bonchev–Trinajstić information content (AvgIpc) is 2.64. The smallest absolute Gasteiger partial charge is 0.314 e. The highest BCUT2D eigenvalue weighted by Crippen LogP contribution is 2.32. The third-order valence-electron chi connectivity index (χ3n) is 5.59. The highest BCUT2D eigenvalue weighted by Gasteiger charge is 2.27. The first-order valence-corrected chi connectivity index (χ1v) is 10.5. The lowest BCUT2D eigenvalue weighted by molar-refractivity contribution is -0.140. The van der Waals surface area contributed by atoms with Gasteiger partial charge in [-0.1, -0.05) is 64.5 Å². The van der Waals surface area contributed by atoms with E-state index in [2.05, 4.69) is 26.0 Å². The van der Waals surface area contributed by atoms with Gasteiger partial charge in [0.15, 0.2) is 0 Å². The standard InChI is InChI=1S/C23H36O2/c1-3-5-6-7-8-10-20-13-17-22(18-14-20)25-23(24)21-15-11-19(9-4-2)12-16-21/h13-14,17-19,21H,3-12,15-16H2,1-2H3. The van der Waals surface area contributed by atoms with Gasteiger partial charge in [-0.3, -0.25) is 4.79 Å². The molecule has 0 radical (unpaired) electrons. The number of carbonyl (C=O) groups is 1. The predicted octanol–water partition coefficient (Wildman–Crippen LogP) is 6.71. The molecule has 0 heterocycles. The van der Waals surface area contributed by atoms with Gasteiger partial charge in [0.2, 0.25) is 0 Å². The predicted molar refractivity (Wildman–Crippen MR) is 105 cm³/mol. The molecule has 0 aliphatic heterocycles. The van der Waals surface area contributed by atoms with Crippen LogP contribution in [-0.2, 0) is 11.2 Å². The number of hydrogen-bond acceptors (Lipinski definition) is 2. The van der Waals surface area contributed by atoms with Crippen LogP contribution < -0.4 is 4.74 Å². The summed E-state index contributed by atoms with van der Waals surface area (Å²) in [4.78, 5) is 12.4. The van der Waals surface area contributed by atoms with Crippen molar-refractivity contribution in [2.75, 3.05) is 0 Å². The Labute approximate surface area is 154 Å². The summed E-state index contributed by atoms with van der Waals surface area (Å²) in [5.74, 6) is 1.61. The van der Waals surface area contributed by atoms with Gasteiger partial charge in [-0.15, -0.1) is 0 Å². The van der Waals surface area contributed by atoms with E-state index >= 15 is 0 Å². The number of benzene rings is 1. The minimum absolute atomic E-state index is 0.0257. The molecule has 0 aromatic heterocycles. The molecular weight excluding hydrogens is 308 g/mol. The van der Waals surface area contributed by atoms with Gasteiger partial charge in [-0.25, -0.2) is 0 Å². The Hall–Kier alpha value is -1.31. The molecule has 0 unspecified atom stereocenters. The van der Waals surface area contributed by atoms with Crippen molar-refractivity contribution < 1.29 is 9.53 Å². The molecule has 0 amide bonds. The van der Waals surface area contributed by atoms with E-state index in [-0.39, 0.29) is 11.9 Å². The van der Waals surface area contributed by atoms with E-state index in [1.807, 2.05) is 12.1 Å². The molecule has 1 aliphatic rings. The maximum Gasteiger partial charge on any atom is 0.314 e. The van der Waals surface area contributed by atoms with Gasteiger partial charge in [0.05, 0.1) is 5.92 Å².